The van der Waals surface area contributed by atoms with Gasteiger partial charge in [-0.05, 0) is 49.4 Å². The summed E-state index contributed by atoms with van der Waals surface area (Å²) in [6.45, 7) is 3.28. The van der Waals surface area contributed by atoms with Crippen molar-refractivity contribution < 1.29 is 18.0 Å². The van der Waals surface area contributed by atoms with Crippen LogP contribution in [-0.2, 0) is 14.8 Å². The predicted octanol–water partition coefficient (Wildman–Crippen LogP) is 4.01. The fourth-order valence-corrected chi connectivity index (χ4v) is 3.88. The number of hydrogen-bond acceptors (Lipinski definition) is 4. The largest absolute Gasteiger partial charge is 0.326 e. The van der Waals surface area contributed by atoms with Gasteiger partial charge >= 0.3 is 0 Å². The highest BCUT2D eigenvalue weighted by Crippen LogP contribution is 2.23. The normalized spacial score (nSPS) is 10.9. The summed E-state index contributed by atoms with van der Waals surface area (Å²) in [6, 6.07) is 19.5. The lowest BCUT2D eigenvalue weighted by Crippen LogP contribution is -2.19. The molecule has 0 fully saturated rings. The van der Waals surface area contributed by atoms with Gasteiger partial charge in [0.2, 0.25) is 5.91 Å². The molecule has 0 aliphatic carbocycles. The van der Waals surface area contributed by atoms with E-state index in [9.17, 15) is 18.0 Å². The molecule has 0 unspecified atom stereocenters. The zero-order valence-electron chi connectivity index (χ0n) is 16.5. The molecule has 7 nitrogen and oxygen atoms in total. The van der Waals surface area contributed by atoms with Gasteiger partial charge in [0, 0.05) is 18.3 Å². The number of carbonyl (C=O) groups is 2. The van der Waals surface area contributed by atoms with Crippen LogP contribution in [0.3, 0.4) is 0 Å². The first-order chi connectivity index (χ1) is 14.2. The fourth-order valence-electron chi connectivity index (χ4n) is 2.75. The van der Waals surface area contributed by atoms with Gasteiger partial charge in [-0.3, -0.25) is 14.3 Å². The fraction of sp³-hybridized carbons (Fsp3) is 0.0909. The lowest BCUT2D eigenvalue weighted by molar-refractivity contribution is -0.114. The summed E-state index contributed by atoms with van der Waals surface area (Å²) >= 11 is 0. The minimum atomic E-state index is -3.99. The van der Waals surface area contributed by atoms with Gasteiger partial charge in [-0.15, -0.1) is 0 Å². The van der Waals surface area contributed by atoms with Gasteiger partial charge in [-0.2, -0.15) is 0 Å². The first-order valence-electron chi connectivity index (χ1n) is 9.12. The molecule has 0 saturated carbocycles. The molecule has 30 heavy (non-hydrogen) atoms. The Hall–Kier alpha value is -3.65. The quantitative estimate of drug-likeness (QED) is 0.557. The Labute approximate surface area is 175 Å². The maximum atomic E-state index is 12.9. The summed E-state index contributed by atoms with van der Waals surface area (Å²) in [5, 5.41) is 5.31. The first kappa shape index (κ1) is 21.1. The van der Waals surface area contributed by atoms with Crippen LogP contribution in [0.4, 0.5) is 17.1 Å². The molecule has 3 rings (SSSR count). The number of para-hydroxylation sites is 1. The first-order valence-corrected chi connectivity index (χ1v) is 10.6. The van der Waals surface area contributed by atoms with E-state index in [4.69, 9.17) is 0 Å². The Kier molecular flexibility index (Phi) is 6.17. The lowest BCUT2D eigenvalue weighted by atomic mass is 10.1. The van der Waals surface area contributed by atoms with Gasteiger partial charge in [0.25, 0.3) is 15.9 Å². The Morgan fingerprint density at radius 3 is 2.20 bits per heavy atom. The second-order valence-corrected chi connectivity index (χ2v) is 8.36. The van der Waals surface area contributed by atoms with E-state index in [2.05, 4.69) is 15.4 Å². The molecule has 3 aromatic rings. The maximum Gasteiger partial charge on any atom is 0.261 e. The number of carbonyl (C=O) groups excluding carboxylic acids is 2. The van der Waals surface area contributed by atoms with E-state index in [1.165, 1.54) is 37.3 Å². The molecule has 0 aromatic heterocycles. The standard InChI is InChI=1S/C22H21N3O4S/c1-15-10-12-17(13-11-15)24-22(27)20-8-3-4-9-21(20)25-30(28,29)19-7-5-6-18(14-19)23-16(2)26/h3-14,25H,1-2H3,(H,23,26)(H,24,27). The average molecular weight is 423 g/mol. The Morgan fingerprint density at radius 2 is 1.50 bits per heavy atom. The van der Waals surface area contributed by atoms with Crippen LogP contribution in [0.25, 0.3) is 0 Å². The van der Waals surface area contributed by atoms with Crippen molar-refractivity contribution in [2.45, 2.75) is 18.7 Å². The molecule has 0 atom stereocenters. The van der Waals surface area contributed by atoms with E-state index in [1.807, 2.05) is 19.1 Å². The summed E-state index contributed by atoms with van der Waals surface area (Å²) in [6.07, 6.45) is 0. The molecule has 3 aromatic carbocycles. The molecule has 8 heteroatoms. The number of anilines is 3. The van der Waals surface area contributed by atoms with Gasteiger partial charge in [0.05, 0.1) is 16.1 Å². The third kappa shape index (κ3) is 5.24. The zero-order chi connectivity index (χ0) is 21.7. The van der Waals surface area contributed by atoms with Crippen LogP contribution < -0.4 is 15.4 Å². The van der Waals surface area contributed by atoms with Crippen molar-refractivity contribution in [3.05, 3.63) is 83.9 Å². The van der Waals surface area contributed by atoms with Crippen molar-refractivity contribution in [2.24, 2.45) is 0 Å². The van der Waals surface area contributed by atoms with E-state index in [1.54, 1.807) is 30.3 Å². The van der Waals surface area contributed by atoms with Crippen molar-refractivity contribution in [1.82, 2.24) is 0 Å². The number of benzene rings is 3. The molecule has 0 aliphatic heterocycles. The second kappa shape index (κ2) is 8.79. The SMILES string of the molecule is CC(=O)Nc1cccc(S(=O)(=O)Nc2ccccc2C(=O)Nc2ccc(C)cc2)c1. The van der Waals surface area contributed by atoms with Crippen LogP contribution >= 0.6 is 0 Å². The topological polar surface area (TPSA) is 104 Å². The van der Waals surface area contributed by atoms with Crippen LogP contribution in [-0.4, -0.2) is 20.2 Å². The zero-order valence-corrected chi connectivity index (χ0v) is 17.3. The Balaban J connectivity index is 1.85. The third-order valence-corrected chi connectivity index (χ3v) is 5.55. The van der Waals surface area contributed by atoms with Gasteiger partial charge in [0.15, 0.2) is 0 Å². The number of aryl methyl sites for hydroxylation is 1. The molecule has 2 amide bonds. The number of hydrogen-bond donors (Lipinski definition) is 3. The number of amides is 2. The second-order valence-electron chi connectivity index (χ2n) is 6.68. The van der Waals surface area contributed by atoms with Gasteiger partial charge in [-0.1, -0.05) is 35.9 Å². The molecule has 0 bridgehead atoms. The van der Waals surface area contributed by atoms with Gasteiger partial charge in [0.1, 0.15) is 0 Å². The van der Waals surface area contributed by atoms with Crippen molar-refractivity contribution in [3.63, 3.8) is 0 Å². The van der Waals surface area contributed by atoms with Crippen molar-refractivity contribution in [2.75, 3.05) is 15.4 Å². The van der Waals surface area contributed by atoms with Crippen LogP contribution in [0.15, 0.2) is 77.7 Å². The Bertz CT molecular complexity index is 1190. The average Bonchev–Trinajstić information content (AvgIpc) is 2.69. The van der Waals surface area contributed by atoms with E-state index in [0.717, 1.165) is 5.56 Å². The smallest absolute Gasteiger partial charge is 0.261 e. The molecular formula is C22H21N3O4S. The molecule has 0 spiro atoms. The molecule has 0 heterocycles. The maximum absolute atomic E-state index is 12.9. The minimum absolute atomic E-state index is 0.0394. The summed E-state index contributed by atoms with van der Waals surface area (Å²) in [5.74, 6) is -0.750. The van der Waals surface area contributed by atoms with E-state index < -0.39 is 15.9 Å². The highest BCUT2D eigenvalue weighted by atomic mass is 32.2. The van der Waals surface area contributed by atoms with Crippen molar-refractivity contribution in [3.8, 4) is 0 Å². The van der Waals surface area contributed by atoms with Crippen LogP contribution in [0, 0.1) is 6.92 Å². The molecule has 154 valence electrons. The van der Waals surface area contributed by atoms with E-state index in [-0.39, 0.29) is 22.1 Å². The van der Waals surface area contributed by atoms with Crippen LogP contribution in [0.5, 0.6) is 0 Å². The highest BCUT2D eigenvalue weighted by molar-refractivity contribution is 7.92. The molecule has 0 saturated heterocycles. The van der Waals surface area contributed by atoms with E-state index in [0.29, 0.717) is 11.4 Å². The lowest BCUT2D eigenvalue weighted by Gasteiger charge is -2.13. The highest BCUT2D eigenvalue weighted by Gasteiger charge is 2.19. The monoisotopic (exact) mass is 423 g/mol. The van der Waals surface area contributed by atoms with Crippen molar-refractivity contribution in [1.29, 1.82) is 0 Å². The van der Waals surface area contributed by atoms with Crippen LogP contribution in [0.1, 0.15) is 22.8 Å². The molecule has 0 aliphatic rings. The van der Waals surface area contributed by atoms with Crippen molar-refractivity contribution >= 4 is 38.9 Å². The number of nitrogens with one attached hydrogen (secondary N) is 3. The van der Waals surface area contributed by atoms with Crippen LogP contribution in [0.2, 0.25) is 0 Å². The molecular weight excluding hydrogens is 402 g/mol. The predicted molar refractivity (Wildman–Crippen MR) is 117 cm³/mol. The summed E-state index contributed by atoms with van der Waals surface area (Å²) in [5.41, 5.74) is 2.34. The molecule has 3 N–H and O–H groups in total. The number of sulfonamides is 1. The number of rotatable bonds is 6. The summed E-state index contributed by atoms with van der Waals surface area (Å²) < 4.78 is 28.2. The van der Waals surface area contributed by atoms with Gasteiger partial charge in [-0.25, -0.2) is 8.42 Å². The van der Waals surface area contributed by atoms with E-state index >= 15 is 0 Å². The third-order valence-electron chi connectivity index (χ3n) is 4.19. The molecule has 0 radical (unpaired) electrons. The Morgan fingerprint density at radius 1 is 0.800 bits per heavy atom. The summed E-state index contributed by atoms with van der Waals surface area (Å²) in [4.78, 5) is 23.9. The van der Waals surface area contributed by atoms with Gasteiger partial charge < -0.3 is 10.6 Å². The summed E-state index contributed by atoms with van der Waals surface area (Å²) in [7, 11) is -3.99. The minimum Gasteiger partial charge on any atom is -0.326 e.